The monoisotopic (exact) mass is 431 g/mol. The molecular formula is C25H25N3O4. The van der Waals surface area contributed by atoms with Crippen molar-refractivity contribution in [2.75, 3.05) is 44.8 Å². The van der Waals surface area contributed by atoms with E-state index < -0.39 is 5.97 Å². The van der Waals surface area contributed by atoms with E-state index in [2.05, 4.69) is 9.88 Å². The van der Waals surface area contributed by atoms with Crippen molar-refractivity contribution in [2.24, 2.45) is 0 Å². The zero-order chi connectivity index (χ0) is 22.3. The number of pyridine rings is 1. The molecule has 1 fully saturated rings. The van der Waals surface area contributed by atoms with Crippen molar-refractivity contribution in [1.82, 2.24) is 9.88 Å². The predicted molar refractivity (Wildman–Crippen MR) is 124 cm³/mol. The van der Waals surface area contributed by atoms with Crippen molar-refractivity contribution in [3.63, 3.8) is 0 Å². The molecule has 1 aliphatic rings. The van der Waals surface area contributed by atoms with Crippen molar-refractivity contribution in [2.45, 2.75) is 0 Å². The van der Waals surface area contributed by atoms with Crippen molar-refractivity contribution < 1.29 is 19.1 Å². The van der Waals surface area contributed by atoms with Gasteiger partial charge in [0.05, 0.1) is 7.11 Å². The number of rotatable bonds is 6. The van der Waals surface area contributed by atoms with Gasteiger partial charge in [-0.05, 0) is 52.7 Å². The number of benzene rings is 2. The van der Waals surface area contributed by atoms with Gasteiger partial charge in [0.1, 0.15) is 11.6 Å². The van der Waals surface area contributed by atoms with Crippen LogP contribution in [0.3, 0.4) is 0 Å². The molecule has 0 aliphatic carbocycles. The molecule has 0 atom stereocenters. The van der Waals surface area contributed by atoms with E-state index in [1.165, 1.54) is 6.08 Å². The molecule has 3 aromatic rings. The number of amides is 1. The van der Waals surface area contributed by atoms with E-state index in [9.17, 15) is 9.59 Å². The van der Waals surface area contributed by atoms with E-state index in [4.69, 9.17) is 9.47 Å². The van der Waals surface area contributed by atoms with Crippen LogP contribution in [-0.2, 0) is 14.3 Å². The summed E-state index contributed by atoms with van der Waals surface area (Å²) in [5, 5.41) is 2.10. The minimum atomic E-state index is -0.541. The molecule has 0 N–H and O–H groups in total. The highest BCUT2D eigenvalue weighted by Gasteiger charge is 2.22. The maximum absolute atomic E-state index is 12.4. The van der Waals surface area contributed by atoms with E-state index in [0.717, 1.165) is 27.9 Å². The van der Waals surface area contributed by atoms with Gasteiger partial charge >= 0.3 is 5.97 Å². The average molecular weight is 431 g/mol. The Labute approximate surface area is 186 Å². The number of carbonyl (C=O) groups excluding carboxylic acids is 2. The van der Waals surface area contributed by atoms with Gasteiger partial charge in [-0.25, -0.2) is 9.78 Å². The summed E-state index contributed by atoms with van der Waals surface area (Å²) in [6.45, 7) is 2.29. The van der Waals surface area contributed by atoms with Gasteiger partial charge < -0.3 is 19.3 Å². The van der Waals surface area contributed by atoms with Crippen LogP contribution in [0, 0.1) is 0 Å². The number of aromatic nitrogens is 1. The second-order valence-electron chi connectivity index (χ2n) is 7.47. The first-order chi connectivity index (χ1) is 15.6. The lowest BCUT2D eigenvalue weighted by Crippen LogP contribution is -2.50. The van der Waals surface area contributed by atoms with Gasteiger partial charge in [0, 0.05) is 38.5 Å². The quantitative estimate of drug-likeness (QED) is 0.441. The maximum Gasteiger partial charge on any atom is 0.331 e. The summed E-state index contributed by atoms with van der Waals surface area (Å²) in [6.07, 6.45) is 4.79. The van der Waals surface area contributed by atoms with E-state index in [1.54, 1.807) is 24.3 Å². The summed E-state index contributed by atoms with van der Waals surface area (Å²) in [4.78, 5) is 32.7. The third-order valence-electron chi connectivity index (χ3n) is 5.43. The van der Waals surface area contributed by atoms with Crippen molar-refractivity contribution in [3.8, 4) is 5.75 Å². The molecule has 7 heteroatoms. The lowest BCUT2D eigenvalue weighted by molar-refractivity contribution is -0.148. The molecule has 0 unspecified atom stereocenters. The number of nitrogens with zero attached hydrogens (tertiary/aromatic N) is 3. The minimum absolute atomic E-state index is 0.188. The Morgan fingerprint density at radius 2 is 1.78 bits per heavy atom. The van der Waals surface area contributed by atoms with Crippen LogP contribution in [0.5, 0.6) is 5.75 Å². The number of anilines is 1. The van der Waals surface area contributed by atoms with Gasteiger partial charge in [0.25, 0.3) is 5.91 Å². The number of hydrogen-bond acceptors (Lipinski definition) is 6. The topological polar surface area (TPSA) is 72.0 Å². The number of hydrogen-bond donors (Lipinski definition) is 0. The summed E-state index contributed by atoms with van der Waals surface area (Å²) < 4.78 is 10.4. The summed E-state index contributed by atoms with van der Waals surface area (Å²) in [7, 11) is 1.64. The van der Waals surface area contributed by atoms with Gasteiger partial charge in [-0.2, -0.15) is 0 Å². The molecule has 2 heterocycles. The van der Waals surface area contributed by atoms with E-state index >= 15 is 0 Å². The molecule has 7 nitrogen and oxygen atoms in total. The molecule has 0 spiro atoms. The molecule has 1 amide bonds. The lowest BCUT2D eigenvalue weighted by atomic mass is 10.1. The molecule has 0 saturated carbocycles. The van der Waals surface area contributed by atoms with Gasteiger partial charge in [0.15, 0.2) is 6.61 Å². The van der Waals surface area contributed by atoms with Gasteiger partial charge in [0.2, 0.25) is 0 Å². The average Bonchev–Trinajstić information content (AvgIpc) is 2.86. The smallest absolute Gasteiger partial charge is 0.331 e. The fourth-order valence-corrected chi connectivity index (χ4v) is 3.64. The molecule has 1 aliphatic heterocycles. The molecule has 0 radical (unpaired) electrons. The Hall–Kier alpha value is -3.87. The molecule has 1 aromatic heterocycles. The minimum Gasteiger partial charge on any atom is -0.497 e. The second-order valence-corrected chi connectivity index (χ2v) is 7.47. The van der Waals surface area contributed by atoms with E-state index in [-0.39, 0.29) is 12.5 Å². The number of carbonyl (C=O) groups is 2. The zero-order valence-electron chi connectivity index (χ0n) is 17.9. The summed E-state index contributed by atoms with van der Waals surface area (Å²) in [5.74, 6) is 0.976. The van der Waals surface area contributed by atoms with Crippen molar-refractivity contribution >= 4 is 34.5 Å². The Morgan fingerprint density at radius 1 is 1.00 bits per heavy atom. The second kappa shape index (κ2) is 9.96. The molecule has 32 heavy (non-hydrogen) atoms. The first kappa shape index (κ1) is 21.4. The maximum atomic E-state index is 12.4. The van der Waals surface area contributed by atoms with Crippen LogP contribution in [-0.4, -0.2) is 61.7 Å². The van der Waals surface area contributed by atoms with Crippen LogP contribution >= 0.6 is 0 Å². The highest BCUT2D eigenvalue weighted by molar-refractivity contribution is 5.91. The van der Waals surface area contributed by atoms with Crippen LogP contribution in [0.2, 0.25) is 0 Å². The summed E-state index contributed by atoms with van der Waals surface area (Å²) in [6, 6.07) is 17.5. The first-order valence-corrected chi connectivity index (χ1v) is 10.5. The fourth-order valence-electron chi connectivity index (χ4n) is 3.64. The van der Waals surface area contributed by atoms with Gasteiger partial charge in [-0.15, -0.1) is 0 Å². The largest absolute Gasteiger partial charge is 0.497 e. The van der Waals surface area contributed by atoms with Gasteiger partial charge in [-0.1, -0.05) is 24.3 Å². The normalized spacial score (nSPS) is 14.0. The van der Waals surface area contributed by atoms with Crippen LogP contribution < -0.4 is 9.64 Å². The highest BCUT2D eigenvalue weighted by Crippen LogP contribution is 2.22. The molecule has 1 saturated heterocycles. The molecule has 164 valence electrons. The number of piperazine rings is 1. The number of fused-ring (bicyclic) bond motifs is 1. The third-order valence-corrected chi connectivity index (χ3v) is 5.43. The van der Waals surface area contributed by atoms with Crippen LogP contribution in [0.15, 0.2) is 66.9 Å². The van der Waals surface area contributed by atoms with Crippen LogP contribution in [0.4, 0.5) is 5.82 Å². The summed E-state index contributed by atoms with van der Waals surface area (Å²) >= 11 is 0. The number of ether oxygens (including phenoxy) is 2. The van der Waals surface area contributed by atoms with Crippen LogP contribution in [0.1, 0.15) is 5.56 Å². The number of methoxy groups -OCH3 is 1. The number of esters is 1. The first-order valence-electron chi connectivity index (χ1n) is 10.5. The molecule has 4 rings (SSSR count). The Balaban J connectivity index is 1.25. The van der Waals surface area contributed by atoms with E-state index in [0.29, 0.717) is 26.2 Å². The van der Waals surface area contributed by atoms with Crippen molar-refractivity contribution in [3.05, 3.63) is 72.4 Å². The van der Waals surface area contributed by atoms with Crippen LogP contribution in [0.25, 0.3) is 16.8 Å². The predicted octanol–water partition coefficient (Wildman–Crippen LogP) is 3.15. The third kappa shape index (κ3) is 5.24. The zero-order valence-corrected chi connectivity index (χ0v) is 17.9. The lowest BCUT2D eigenvalue weighted by Gasteiger charge is -2.35. The Kier molecular flexibility index (Phi) is 6.65. The Bertz CT molecular complexity index is 1120. The summed E-state index contributed by atoms with van der Waals surface area (Å²) in [5.41, 5.74) is 0.872. The fraction of sp³-hybridized carbons (Fsp3) is 0.240. The van der Waals surface area contributed by atoms with E-state index in [1.807, 2.05) is 54.6 Å². The SMILES string of the molecule is COc1ccc2cc(/C=C/C(=O)OCC(=O)N3CCN(c4ccccn4)CC3)ccc2c1. The standard InChI is InChI=1S/C25H25N3O4/c1-31-22-9-8-20-16-19(5-7-21(20)17-22)6-10-25(30)32-18-24(29)28-14-12-27(13-15-28)23-4-2-3-11-26-23/h2-11,16-17H,12-15,18H2,1H3/b10-6+. The van der Waals surface area contributed by atoms with Crippen molar-refractivity contribution in [1.29, 1.82) is 0 Å². The molecule has 2 aromatic carbocycles. The highest BCUT2D eigenvalue weighted by atomic mass is 16.5. The van der Waals surface area contributed by atoms with Gasteiger partial charge in [-0.3, -0.25) is 4.79 Å². The Morgan fingerprint density at radius 3 is 2.53 bits per heavy atom. The molecule has 0 bridgehead atoms. The molecular weight excluding hydrogens is 406 g/mol.